The van der Waals surface area contributed by atoms with E-state index in [0.717, 1.165) is 27.2 Å². The van der Waals surface area contributed by atoms with E-state index in [-0.39, 0.29) is 7.43 Å². The van der Waals surface area contributed by atoms with Gasteiger partial charge in [-0.3, -0.25) is 0 Å². The Hall–Kier alpha value is -1.68. The van der Waals surface area contributed by atoms with Crippen molar-refractivity contribution in [2.45, 2.75) is 21.3 Å². The fraction of sp³-hybridized carbons (Fsp3) is 0.294. The van der Waals surface area contributed by atoms with Crippen LogP contribution in [0.4, 0.5) is 5.69 Å². The van der Waals surface area contributed by atoms with Crippen LogP contribution >= 0.6 is 15.9 Å². The van der Waals surface area contributed by atoms with Crippen LogP contribution in [0.3, 0.4) is 0 Å². The van der Waals surface area contributed by atoms with Gasteiger partial charge in [-0.05, 0) is 53.0 Å². The summed E-state index contributed by atoms with van der Waals surface area (Å²) in [6, 6.07) is 11.7. The Morgan fingerprint density at radius 2 is 1.33 bits per heavy atom. The van der Waals surface area contributed by atoms with Gasteiger partial charge in [0.25, 0.3) is 0 Å². The molecule has 0 aromatic heterocycles. The van der Waals surface area contributed by atoms with Crippen molar-refractivity contribution in [3.8, 4) is 11.5 Å². The molecule has 0 aliphatic heterocycles. The molecule has 0 heterocycles. The summed E-state index contributed by atoms with van der Waals surface area (Å²) in [5, 5.41) is 0. The number of aryl methyl sites for hydroxylation is 2. The number of para-hydroxylation sites is 1. The number of ether oxygens (including phenoxy) is 2. The molecule has 2 aromatic carbocycles. The van der Waals surface area contributed by atoms with Crippen molar-refractivity contribution < 1.29 is 9.47 Å². The van der Waals surface area contributed by atoms with Gasteiger partial charge in [-0.1, -0.05) is 31.7 Å². The minimum absolute atomic E-state index is 0. The molecule has 0 aliphatic carbocycles. The molecule has 0 atom stereocenters. The zero-order valence-corrected chi connectivity index (χ0v) is 13.8. The number of halogens is 1. The Balaban J connectivity index is 0.000000364. The van der Waals surface area contributed by atoms with Gasteiger partial charge in [0.2, 0.25) is 0 Å². The summed E-state index contributed by atoms with van der Waals surface area (Å²) in [5.41, 5.74) is 8.64. The van der Waals surface area contributed by atoms with Crippen LogP contribution in [-0.4, -0.2) is 14.2 Å². The second-order valence-electron chi connectivity index (χ2n) is 4.28. The first-order valence-electron chi connectivity index (χ1n) is 6.19. The number of anilines is 1. The van der Waals surface area contributed by atoms with E-state index in [2.05, 4.69) is 15.9 Å². The fourth-order valence-corrected chi connectivity index (χ4v) is 2.04. The maximum absolute atomic E-state index is 5.67. The predicted molar refractivity (Wildman–Crippen MR) is 94.3 cm³/mol. The molecule has 0 amide bonds. The first kappa shape index (κ1) is 19.3. The van der Waals surface area contributed by atoms with Crippen molar-refractivity contribution in [1.29, 1.82) is 0 Å². The van der Waals surface area contributed by atoms with Crippen molar-refractivity contribution in [3.63, 3.8) is 0 Å². The van der Waals surface area contributed by atoms with Gasteiger partial charge < -0.3 is 15.2 Å². The first-order chi connectivity index (χ1) is 9.51. The van der Waals surface area contributed by atoms with Gasteiger partial charge in [0, 0.05) is 0 Å². The van der Waals surface area contributed by atoms with Crippen molar-refractivity contribution in [2.24, 2.45) is 0 Å². The summed E-state index contributed by atoms with van der Waals surface area (Å²) in [4.78, 5) is 0. The number of benzene rings is 2. The first-order valence-corrected chi connectivity index (χ1v) is 6.98. The van der Waals surface area contributed by atoms with Gasteiger partial charge in [0.15, 0.2) is 0 Å². The molecule has 116 valence electrons. The lowest BCUT2D eigenvalue weighted by Crippen LogP contribution is -1.93. The summed E-state index contributed by atoms with van der Waals surface area (Å²) in [6.07, 6.45) is 0. The zero-order chi connectivity index (χ0) is 15.1. The van der Waals surface area contributed by atoms with Crippen LogP contribution in [0, 0.1) is 13.8 Å². The lowest BCUT2D eigenvalue weighted by molar-refractivity contribution is 0.412. The Labute approximate surface area is 136 Å². The summed E-state index contributed by atoms with van der Waals surface area (Å²) < 4.78 is 11.1. The highest BCUT2D eigenvalue weighted by molar-refractivity contribution is 9.10. The van der Waals surface area contributed by atoms with Crippen molar-refractivity contribution in [3.05, 3.63) is 52.0 Å². The van der Waals surface area contributed by atoms with E-state index >= 15 is 0 Å². The fourth-order valence-electron chi connectivity index (χ4n) is 1.61. The van der Waals surface area contributed by atoms with E-state index < -0.39 is 0 Å². The highest BCUT2D eigenvalue weighted by Gasteiger charge is 1.99. The average molecular weight is 354 g/mol. The van der Waals surface area contributed by atoms with Crippen LogP contribution < -0.4 is 15.2 Å². The maximum Gasteiger partial charge on any atom is 0.142 e. The van der Waals surface area contributed by atoms with Crippen LogP contribution in [0.15, 0.2) is 40.9 Å². The highest BCUT2D eigenvalue weighted by atomic mass is 79.9. The Morgan fingerprint density at radius 3 is 1.76 bits per heavy atom. The number of hydrogen-bond acceptors (Lipinski definition) is 3. The molecule has 0 saturated heterocycles. The third kappa shape index (κ3) is 5.31. The summed E-state index contributed by atoms with van der Waals surface area (Å²) in [7, 11) is 3.28. The van der Waals surface area contributed by atoms with Crippen LogP contribution in [0.5, 0.6) is 11.5 Å². The molecule has 0 saturated carbocycles. The minimum atomic E-state index is 0. The molecule has 4 heteroatoms. The molecule has 2 aromatic rings. The largest absolute Gasteiger partial charge is 0.496 e. The van der Waals surface area contributed by atoms with Crippen molar-refractivity contribution in [1.82, 2.24) is 0 Å². The summed E-state index contributed by atoms with van der Waals surface area (Å²) in [6.45, 7) is 3.99. The second-order valence-corrected chi connectivity index (χ2v) is 5.07. The van der Waals surface area contributed by atoms with Gasteiger partial charge >= 0.3 is 0 Å². The molecule has 3 nitrogen and oxygen atoms in total. The summed E-state index contributed by atoms with van der Waals surface area (Å²) in [5.74, 6) is 1.64. The quantitative estimate of drug-likeness (QED) is 0.773. The monoisotopic (exact) mass is 353 g/mol. The van der Waals surface area contributed by atoms with Gasteiger partial charge in [0.1, 0.15) is 11.5 Å². The number of hydrogen-bond donors (Lipinski definition) is 1. The van der Waals surface area contributed by atoms with Crippen LogP contribution in [0.2, 0.25) is 0 Å². The van der Waals surface area contributed by atoms with Gasteiger partial charge in [0.05, 0.1) is 24.4 Å². The minimum Gasteiger partial charge on any atom is -0.496 e. The predicted octanol–water partition coefficient (Wildman–Crippen LogP) is 4.99. The van der Waals surface area contributed by atoms with E-state index in [1.807, 2.05) is 50.2 Å². The standard InChI is InChI=1S/C8H9BrO.C8H11NO.CH4/c2*1-6-4-3-5-7(10-2)8(6)9;/h3-5H,1-2H3;3-5H,9H2,1-2H3;1H4. The third-order valence-corrected chi connectivity index (χ3v) is 3.90. The molecule has 0 fully saturated rings. The molecule has 0 unspecified atom stereocenters. The van der Waals surface area contributed by atoms with E-state index in [1.54, 1.807) is 14.2 Å². The Bertz CT molecular complexity index is 519. The van der Waals surface area contributed by atoms with Gasteiger partial charge in [-0.15, -0.1) is 0 Å². The molecule has 21 heavy (non-hydrogen) atoms. The van der Waals surface area contributed by atoms with Crippen LogP contribution in [-0.2, 0) is 0 Å². The van der Waals surface area contributed by atoms with Crippen molar-refractivity contribution >= 4 is 21.6 Å². The van der Waals surface area contributed by atoms with Gasteiger partial charge in [-0.2, -0.15) is 0 Å². The van der Waals surface area contributed by atoms with E-state index in [1.165, 1.54) is 5.56 Å². The molecule has 2 rings (SSSR count). The van der Waals surface area contributed by atoms with Crippen LogP contribution in [0.25, 0.3) is 0 Å². The second kappa shape index (κ2) is 9.29. The zero-order valence-electron chi connectivity index (χ0n) is 12.2. The molecule has 0 spiro atoms. The third-order valence-electron chi connectivity index (χ3n) is 2.88. The molecular formula is C17H24BrNO2. The molecular weight excluding hydrogens is 330 g/mol. The SMILES string of the molecule is C.COc1cccc(C)c1Br.COc1cccc(C)c1N. The molecule has 2 N–H and O–H groups in total. The van der Waals surface area contributed by atoms with E-state index in [0.29, 0.717) is 0 Å². The lowest BCUT2D eigenvalue weighted by Gasteiger charge is -2.04. The van der Waals surface area contributed by atoms with E-state index in [4.69, 9.17) is 15.2 Å². The Kier molecular flexibility index (Phi) is 8.55. The van der Waals surface area contributed by atoms with Crippen LogP contribution in [0.1, 0.15) is 18.6 Å². The number of nitrogens with two attached hydrogens (primary N) is 1. The molecule has 0 radical (unpaired) electrons. The smallest absolute Gasteiger partial charge is 0.142 e. The van der Waals surface area contributed by atoms with Crippen molar-refractivity contribution in [2.75, 3.05) is 20.0 Å². The van der Waals surface area contributed by atoms with Gasteiger partial charge in [-0.25, -0.2) is 0 Å². The van der Waals surface area contributed by atoms with E-state index in [9.17, 15) is 0 Å². The number of rotatable bonds is 2. The average Bonchev–Trinajstić information content (AvgIpc) is 2.45. The normalized spacial score (nSPS) is 9.00. The topological polar surface area (TPSA) is 44.5 Å². The Morgan fingerprint density at radius 1 is 0.857 bits per heavy atom. The maximum atomic E-state index is 5.67. The summed E-state index contributed by atoms with van der Waals surface area (Å²) >= 11 is 3.42. The molecule has 0 aliphatic rings. The highest BCUT2D eigenvalue weighted by Crippen LogP contribution is 2.27. The molecule has 0 bridgehead atoms. The number of methoxy groups -OCH3 is 2. The number of nitrogen functional groups attached to an aromatic ring is 1. The lowest BCUT2D eigenvalue weighted by atomic mass is 10.2.